The lowest BCUT2D eigenvalue weighted by molar-refractivity contribution is -0.0735. The van der Waals surface area contributed by atoms with E-state index in [4.69, 9.17) is 11.6 Å². The predicted octanol–water partition coefficient (Wildman–Crippen LogP) is 0.966. The van der Waals surface area contributed by atoms with Crippen LogP contribution in [0.25, 0.3) is 0 Å². The van der Waals surface area contributed by atoms with Gasteiger partial charge in [-0.15, -0.1) is 0 Å². The molecule has 0 saturated carbocycles. The average Bonchev–Trinajstić information content (AvgIpc) is 2.81. The number of hydrogen-bond acceptors (Lipinski definition) is 4. The van der Waals surface area contributed by atoms with E-state index in [0.29, 0.717) is 10.8 Å². The van der Waals surface area contributed by atoms with Gasteiger partial charge in [-0.3, -0.25) is 0 Å². The third-order valence-corrected chi connectivity index (χ3v) is 5.57. The molecule has 2 heterocycles. The van der Waals surface area contributed by atoms with E-state index in [9.17, 15) is 13.5 Å². The molecule has 6 nitrogen and oxygen atoms in total. The molecule has 0 amide bonds. The maximum atomic E-state index is 12.4. The fraction of sp³-hybridized carbons (Fsp3) is 0.308. The lowest BCUT2D eigenvalue weighted by atomic mass is 9.96. The lowest BCUT2D eigenvalue weighted by Crippen LogP contribution is -2.61. The topological polar surface area (TPSA) is 75.4 Å². The minimum atomic E-state index is -3.65. The second kappa shape index (κ2) is 4.81. The first-order valence-electron chi connectivity index (χ1n) is 6.29. The van der Waals surface area contributed by atoms with Crippen LogP contribution >= 0.6 is 11.6 Å². The monoisotopic (exact) mass is 327 g/mol. The molecule has 1 fully saturated rings. The van der Waals surface area contributed by atoms with Gasteiger partial charge in [0.05, 0.1) is 18.0 Å². The highest BCUT2D eigenvalue weighted by Gasteiger charge is 2.50. The Morgan fingerprint density at radius 2 is 2.10 bits per heavy atom. The molecule has 1 aliphatic rings. The van der Waals surface area contributed by atoms with Crippen LogP contribution in [-0.4, -0.2) is 40.5 Å². The van der Waals surface area contributed by atoms with Crippen LogP contribution in [0.15, 0.2) is 41.6 Å². The maximum Gasteiger partial charge on any atom is 0.243 e. The van der Waals surface area contributed by atoms with Crippen molar-refractivity contribution < 1.29 is 13.5 Å². The molecule has 3 rings (SSSR count). The number of hydrogen-bond donors (Lipinski definition) is 1. The molecule has 1 aliphatic heterocycles. The van der Waals surface area contributed by atoms with Gasteiger partial charge in [0.2, 0.25) is 10.0 Å². The maximum absolute atomic E-state index is 12.4. The molecule has 8 heteroatoms. The van der Waals surface area contributed by atoms with E-state index in [0.717, 1.165) is 0 Å². The van der Waals surface area contributed by atoms with Crippen molar-refractivity contribution in [1.29, 1.82) is 0 Å². The Morgan fingerprint density at radius 3 is 2.67 bits per heavy atom. The Bertz CT molecular complexity index is 781. The molecule has 1 N–H and O–H groups in total. The summed E-state index contributed by atoms with van der Waals surface area (Å²) in [5.74, 6) is 0.458. The molecule has 0 bridgehead atoms. The Morgan fingerprint density at radius 1 is 1.38 bits per heavy atom. The van der Waals surface area contributed by atoms with E-state index in [1.807, 2.05) is 0 Å². The van der Waals surface area contributed by atoms with Crippen molar-refractivity contribution in [2.45, 2.75) is 10.5 Å². The van der Waals surface area contributed by atoms with Crippen LogP contribution < -0.4 is 0 Å². The van der Waals surface area contributed by atoms with E-state index in [-0.39, 0.29) is 18.0 Å². The second-order valence-corrected chi connectivity index (χ2v) is 7.50. The van der Waals surface area contributed by atoms with Crippen molar-refractivity contribution in [2.24, 2.45) is 7.05 Å². The molecule has 1 aromatic carbocycles. The third kappa shape index (κ3) is 2.36. The number of aromatic nitrogens is 2. The van der Waals surface area contributed by atoms with Crippen molar-refractivity contribution in [1.82, 2.24) is 13.9 Å². The van der Waals surface area contributed by atoms with Crippen molar-refractivity contribution in [3.63, 3.8) is 0 Å². The molecule has 21 heavy (non-hydrogen) atoms. The van der Waals surface area contributed by atoms with Gasteiger partial charge in [-0.2, -0.15) is 4.31 Å². The largest absolute Gasteiger partial charge is 0.379 e. The molecular weight excluding hydrogens is 314 g/mol. The normalized spacial score (nSPS) is 18.4. The van der Waals surface area contributed by atoms with E-state index in [2.05, 4.69) is 4.98 Å². The number of aliphatic hydroxyl groups is 1. The highest BCUT2D eigenvalue weighted by atomic mass is 35.5. The number of nitrogens with zero attached hydrogens (tertiary/aromatic N) is 3. The number of imidazole rings is 1. The van der Waals surface area contributed by atoms with Crippen molar-refractivity contribution in [3.8, 4) is 0 Å². The number of aryl methyl sites for hydroxylation is 1. The number of sulfonamides is 1. The first-order chi connectivity index (χ1) is 9.83. The van der Waals surface area contributed by atoms with Gasteiger partial charge in [0, 0.05) is 24.5 Å². The number of benzene rings is 1. The SMILES string of the molecule is Cn1ccnc1C1(O)CN(S(=O)(=O)c2cccc(Cl)c2)C1. The zero-order valence-corrected chi connectivity index (χ0v) is 12.8. The summed E-state index contributed by atoms with van der Waals surface area (Å²) in [5.41, 5.74) is -1.25. The van der Waals surface area contributed by atoms with Gasteiger partial charge in [0.1, 0.15) is 11.4 Å². The summed E-state index contributed by atoms with van der Waals surface area (Å²) in [6.07, 6.45) is 3.28. The summed E-state index contributed by atoms with van der Waals surface area (Å²) < 4.78 is 27.8. The fourth-order valence-electron chi connectivity index (χ4n) is 2.44. The van der Waals surface area contributed by atoms with E-state index < -0.39 is 15.6 Å². The lowest BCUT2D eigenvalue weighted by Gasteiger charge is -2.44. The van der Waals surface area contributed by atoms with E-state index in [1.54, 1.807) is 36.1 Å². The minimum Gasteiger partial charge on any atom is -0.379 e. The Labute approximate surface area is 127 Å². The van der Waals surface area contributed by atoms with E-state index in [1.165, 1.54) is 16.4 Å². The van der Waals surface area contributed by atoms with Crippen LogP contribution in [0.4, 0.5) is 0 Å². The second-order valence-electron chi connectivity index (χ2n) is 5.12. The van der Waals surface area contributed by atoms with Gasteiger partial charge in [0.25, 0.3) is 0 Å². The smallest absolute Gasteiger partial charge is 0.243 e. The minimum absolute atomic E-state index is 0.0211. The van der Waals surface area contributed by atoms with Gasteiger partial charge in [-0.1, -0.05) is 17.7 Å². The van der Waals surface area contributed by atoms with Gasteiger partial charge < -0.3 is 9.67 Å². The third-order valence-electron chi connectivity index (χ3n) is 3.55. The van der Waals surface area contributed by atoms with Gasteiger partial charge in [-0.25, -0.2) is 13.4 Å². The first-order valence-corrected chi connectivity index (χ1v) is 8.11. The zero-order valence-electron chi connectivity index (χ0n) is 11.3. The van der Waals surface area contributed by atoms with Crippen molar-refractivity contribution >= 4 is 21.6 Å². The summed E-state index contributed by atoms with van der Waals surface area (Å²) in [6.45, 7) is -0.0423. The van der Waals surface area contributed by atoms with Crippen LogP contribution in [0, 0.1) is 0 Å². The molecule has 0 radical (unpaired) electrons. The van der Waals surface area contributed by atoms with Gasteiger partial charge >= 0.3 is 0 Å². The molecular formula is C13H14ClN3O3S. The standard InChI is InChI=1S/C13H14ClN3O3S/c1-16-6-5-15-12(16)13(18)8-17(9-13)21(19,20)11-4-2-3-10(14)7-11/h2-7,18H,8-9H2,1H3. The van der Waals surface area contributed by atoms with Gasteiger partial charge in [0.15, 0.2) is 0 Å². The average molecular weight is 328 g/mol. The predicted molar refractivity (Wildman–Crippen MR) is 77.3 cm³/mol. The van der Waals surface area contributed by atoms with Crippen LogP contribution in [0.2, 0.25) is 5.02 Å². The highest BCUT2D eigenvalue weighted by Crippen LogP contribution is 2.35. The van der Waals surface area contributed by atoms with Crippen LogP contribution in [0.3, 0.4) is 0 Å². The number of rotatable bonds is 3. The summed E-state index contributed by atoms with van der Waals surface area (Å²) in [6, 6.07) is 6.08. The summed E-state index contributed by atoms with van der Waals surface area (Å²) in [7, 11) is -1.89. The van der Waals surface area contributed by atoms with E-state index >= 15 is 0 Å². The summed E-state index contributed by atoms with van der Waals surface area (Å²) in [4.78, 5) is 4.21. The Hall–Kier alpha value is -1.41. The zero-order chi connectivity index (χ0) is 15.3. The van der Waals surface area contributed by atoms with Crippen LogP contribution in [-0.2, 0) is 22.7 Å². The summed E-state index contributed by atoms with van der Waals surface area (Å²) in [5, 5.41) is 10.8. The summed E-state index contributed by atoms with van der Waals surface area (Å²) >= 11 is 5.83. The van der Waals surface area contributed by atoms with Gasteiger partial charge in [-0.05, 0) is 18.2 Å². The molecule has 0 spiro atoms. The number of halogens is 1. The Balaban J connectivity index is 1.84. The quantitative estimate of drug-likeness (QED) is 0.911. The molecule has 1 saturated heterocycles. The molecule has 0 atom stereocenters. The molecule has 0 unspecified atom stereocenters. The Kier molecular flexibility index (Phi) is 3.32. The van der Waals surface area contributed by atoms with Crippen molar-refractivity contribution in [2.75, 3.05) is 13.1 Å². The molecule has 112 valence electrons. The fourth-order valence-corrected chi connectivity index (χ4v) is 4.29. The molecule has 2 aromatic rings. The number of β-amino-alcohol motifs (C(OH)–C–C–N with tert-alkyl or cyclic N) is 1. The van der Waals surface area contributed by atoms with Crippen LogP contribution in [0.5, 0.6) is 0 Å². The molecule has 1 aromatic heterocycles. The van der Waals surface area contributed by atoms with Crippen molar-refractivity contribution in [3.05, 3.63) is 47.5 Å². The molecule has 0 aliphatic carbocycles. The highest BCUT2D eigenvalue weighted by molar-refractivity contribution is 7.89. The first kappa shape index (κ1) is 14.5. The van der Waals surface area contributed by atoms with Crippen LogP contribution in [0.1, 0.15) is 5.82 Å².